The standard InChI is InChI=1S/C17H25N3O5S2/c1-13-10-19(11-14(2)25-13)17(21)12-26-16-4-3-15(9-18-16)27(22,23)20-5-7-24-8-6-20/h3-4,9,13-14H,5-8,10-12H2,1-2H3/t13-,14-/m1/s1. The second-order valence-electron chi connectivity index (χ2n) is 6.69. The fraction of sp³-hybridized carbons (Fsp3) is 0.647. The van der Waals surface area contributed by atoms with Gasteiger partial charge in [-0.1, -0.05) is 11.8 Å². The monoisotopic (exact) mass is 415 g/mol. The molecule has 0 aliphatic carbocycles. The topological polar surface area (TPSA) is 89.0 Å². The van der Waals surface area contributed by atoms with Crippen molar-refractivity contribution in [1.29, 1.82) is 0 Å². The summed E-state index contributed by atoms with van der Waals surface area (Å²) in [5.41, 5.74) is 0. The van der Waals surface area contributed by atoms with Gasteiger partial charge in [-0.2, -0.15) is 4.31 Å². The van der Waals surface area contributed by atoms with E-state index < -0.39 is 10.0 Å². The maximum Gasteiger partial charge on any atom is 0.244 e. The molecule has 0 saturated carbocycles. The lowest BCUT2D eigenvalue weighted by Gasteiger charge is -2.35. The number of morpholine rings is 2. The van der Waals surface area contributed by atoms with Crippen molar-refractivity contribution in [2.45, 2.75) is 36.0 Å². The summed E-state index contributed by atoms with van der Waals surface area (Å²) in [6.45, 7) is 6.61. The minimum atomic E-state index is -3.55. The molecule has 2 fully saturated rings. The third kappa shape index (κ3) is 5.20. The molecule has 27 heavy (non-hydrogen) atoms. The summed E-state index contributed by atoms with van der Waals surface area (Å²) >= 11 is 1.31. The molecule has 3 heterocycles. The Bertz CT molecular complexity index is 740. The molecule has 8 nitrogen and oxygen atoms in total. The number of rotatable bonds is 5. The van der Waals surface area contributed by atoms with E-state index in [0.29, 0.717) is 44.4 Å². The number of nitrogens with zero attached hydrogens (tertiary/aromatic N) is 3. The van der Waals surface area contributed by atoms with Crippen molar-refractivity contribution in [3.8, 4) is 0 Å². The van der Waals surface area contributed by atoms with Crippen LogP contribution in [0.25, 0.3) is 0 Å². The van der Waals surface area contributed by atoms with E-state index >= 15 is 0 Å². The van der Waals surface area contributed by atoms with Crippen LogP contribution in [0.15, 0.2) is 28.3 Å². The average Bonchev–Trinajstić information content (AvgIpc) is 2.66. The number of amides is 1. The molecule has 2 atom stereocenters. The van der Waals surface area contributed by atoms with Gasteiger partial charge >= 0.3 is 0 Å². The van der Waals surface area contributed by atoms with Gasteiger partial charge in [0.1, 0.15) is 4.90 Å². The highest BCUT2D eigenvalue weighted by Crippen LogP contribution is 2.21. The van der Waals surface area contributed by atoms with Crippen LogP contribution >= 0.6 is 11.8 Å². The van der Waals surface area contributed by atoms with Crippen LogP contribution < -0.4 is 0 Å². The van der Waals surface area contributed by atoms with Crippen LogP contribution in [0.1, 0.15) is 13.8 Å². The van der Waals surface area contributed by atoms with Crippen LogP contribution in [0.3, 0.4) is 0 Å². The Balaban J connectivity index is 1.57. The van der Waals surface area contributed by atoms with Crippen molar-refractivity contribution in [3.63, 3.8) is 0 Å². The minimum absolute atomic E-state index is 0.0329. The first-order valence-corrected chi connectivity index (χ1v) is 11.4. The van der Waals surface area contributed by atoms with Gasteiger partial charge in [-0.3, -0.25) is 4.79 Å². The van der Waals surface area contributed by atoms with Crippen molar-refractivity contribution in [2.24, 2.45) is 0 Å². The van der Waals surface area contributed by atoms with Crippen molar-refractivity contribution >= 4 is 27.7 Å². The normalized spacial score (nSPS) is 24.7. The Morgan fingerprint density at radius 2 is 1.89 bits per heavy atom. The molecule has 1 amide bonds. The van der Waals surface area contributed by atoms with Gasteiger partial charge in [0.2, 0.25) is 15.9 Å². The highest BCUT2D eigenvalue weighted by Gasteiger charge is 2.27. The molecular weight excluding hydrogens is 390 g/mol. The predicted octanol–water partition coefficient (Wildman–Crippen LogP) is 0.830. The third-order valence-corrected chi connectivity index (χ3v) is 7.24. The van der Waals surface area contributed by atoms with Gasteiger partial charge in [-0.25, -0.2) is 13.4 Å². The summed E-state index contributed by atoms with van der Waals surface area (Å²) in [5.74, 6) is 0.302. The maximum atomic E-state index is 12.6. The number of carbonyl (C=O) groups excluding carboxylic acids is 1. The smallest absolute Gasteiger partial charge is 0.244 e. The number of hydrogen-bond donors (Lipinski definition) is 0. The van der Waals surface area contributed by atoms with Crippen LogP contribution in [-0.2, 0) is 24.3 Å². The molecule has 3 rings (SSSR count). The van der Waals surface area contributed by atoms with Gasteiger partial charge in [0.15, 0.2) is 0 Å². The van der Waals surface area contributed by atoms with Crippen LogP contribution in [0.2, 0.25) is 0 Å². The average molecular weight is 416 g/mol. The molecule has 2 aliphatic rings. The van der Waals surface area contributed by atoms with Gasteiger partial charge in [-0.15, -0.1) is 0 Å². The predicted molar refractivity (Wildman–Crippen MR) is 101 cm³/mol. The molecule has 1 aromatic rings. The Kier molecular flexibility index (Phi) is 6.74. The molecule has 150 valence electrons. The van der Waals surface area contributed by atoms with Gasteiger partial charge in [0.25, 0.3) is 0 Å². The molecule has 10 heteroatoms. The summed E-state index contributed by atoms with van der Waals surface area (Å²) in [5, 5.41) is 0.624. The number of thioether (sulfide) groups is 1. The number of sulfonamides is 1. The summed E-state index contributed by atoms with van der Waals surface area (Å²) in [6, 6.07) is 3.19. The summed E-state index contributed by atoms with van der Waals surface area (Å²) in [4.78, 5) is 18.6. The second-order valence-corrected chi connectivity index (χ2v) is 9.63. The summed E-state index contributed by atoms with van der Waals surface area (Å²) in [7, 11) is -3.55. The fourth-order valence-electron chi connectivity index (χ4n) is 3.15. The molecule has 0 radical (unpaired) electrons. The molecule has 1 aromatic heterocycles. The number of aromatic nitrogens is 1. The van der Waals surface area contributed by atoms with E-state index in [1.165, 1.54) is 22.3 Å². The molecule has 0 spiro atoms. The molecule has 2 aliphatic heterocycles. The first kappa shape index (κ1) is 20.5. The number of hydrogen-bond acceptors (Lipinski definition) is 7. The zero-order valence-corrected chi connectivity index (χ0v) is 17.2. The Labute approximate surface area is 164 Å². The van der Waals surface area contributed by atoms with E-state index in [-0.39, 0.29) is 28.8 Å². The molecular formula is C17H25N3O5S2. The zero-order valence-electron chi connectivity index (χ0n) is 15.5. The number of ether oxygens (including phenoxy) is 2. The van der Waals surface area contributed by atoms with Gasteiger partial charge in [-0.05, 0) is 26.0 Å². The van der Waals surface area contributed by atoms with E-state index in [2.05, 4.69) is 4.98 Å². The Morgan fingerprint density at radius 3 is 2.48 bits per heavy atom. The van der Waals surface area contributed by atoms with E-state index in [0.717, 1.165) is 0 Å². The van der Waals surface area contributed by atoms with Crippen molar-refractivity contribution in [2.75, 3.05) is 45.1 Å². The van der Waals surface area contributed by atoms with Crippen LogP contribution in [-0.4, -0.2) is 85.9 Å². The number of pyridine rings is 1. The van der Waals surface area contributed by atoms with E-state index in [1.54, 1.807) is 12.1 Å². The first-order chi connectivity index (χ1) is 12.9. The van der Waals surface area contributed by atoms with E-state index in [9.17, 15) is 13.2 Å². The van der Waals surface area contributed by atoms with Gasteiger partial charge in [0.05, 0.1) is 36.2 Å². The highest BCUT2D eigenvalue weighted by molar-refractivity contribution is 7.99. The molecule has 0 bridgehead atoms. The lowest BCUT2D eigenvalue weighted by Crippen LogP contribution is -2.48. The van der Waals surface area contributed by atoms with Crippen LogP contribution in [0.5, 0.6) is 0 Å². The van der Waals surface area contributed by atoms with E-state index in [1.807, 2.05) is 18.7 Å². The lowest BCUT2D eigenvalue weighted by molar-refractivity contribution is -0.140. The lowest BCUT2D eigenvalue weighted by atomic mass is 10.2. The Hall–Kier alpha value is -1.20. The van der Waals surface area contributed by atoms with E-state index in [4.69, 9.17) is 9.47 Å². The van der Waals surface area contributed by atoms with Gasteiger partial charge < -0.3 is 14.4 Å². The first-order valence-electron chi connectivity index (χ1n) is 8.96. The van der Waals surface area contributed by atoms with Crippen molar-refractivity contribution < 1.29 is 22.7 Å². The maximum absolute atomic E-state index is 12.6. The molecule has 0 N–H and O–H groups in total. The van der Waals surface area contributed by atoms with Crippen LogP contribution in [0.4, 0.5) is 0 Å². The largest absolute Gasteiger partial charge is 0.379 e. The van der Waals surface area contributed by atoms with Crippen LogP contribution in [0, 0.1) is 0 Å². The summed E-state index contributed by atoms with van der Waals surface area (Å²) in [6.07, 6.45) is 1.42. The second kappa shape index (κ2) is 8.87. The highest BCUT2D eigenvalue weighted by atomic mass is 32.2. The Morgan fingerprint density at radius 1 is 1.22 bits per heavy atom. The fourth-order valence-corrected chi connectivity index (χ4v) is 5.25. The van der Waals surface area contributed by atoms with Gasteiger partial charge in [0, 0.05) is 32.4 Å². The number of carbonyl (C=O) groups is 1. The quantitative estimate of drug-likeness (QED) is 0.658. The minimum Gasteiger partial charge on any atom is -0.379 e. The SMILES string of the molecule is C[C@@H]1CN(C(=O)CSc2ccc(S(=O)(=O)N3CCOCC3)cn2)C[C@@H](C)O1. The zero-order chi connectivity index (χ0) is 19.4. The molecule has 2 saturated heterocycles. The molecule has 0 unspecified atom stereocenters. The third-order valence-electron chi connectivity index (χ3n) is 4.43. The molecule has 0 aromatic carbocycles. The van der Waals surface area contributed by atoms with Crippen molar-refractivity contribution in [1.82, 2.24) is 14.2 Å². The van der Waals surface area contributed by atoms with Crippen molar-refractivity contribution in [3.05, 3.63) is 18.3 Å². The summed E-state index contributed by atoms with van der Waals surface area (Å²) < 4.78 is 37.4.